The predicted octanol–water partition coefficient (Wildman–Crippen LogP) is 2.78. The average Bonchev–Trinajstić information content (AvgIpc) is 3.22. The Bertz CT molecular complexity index is 673. The van der Waals surface area contributed by atoms with Crippen LogP contribution in [0.15, 0.2) is 33.9 Å². The number of rotatable bonds is 6. The molecule has 0 unspecified atom stereocenters. The Morgan fingerprint density at radius 2 is 2.35 bits per heavy atom. The maximum atomic E-state index is 11.8. The number of thioether (sulfide) groups is 1. The summed E-state index contributed by atoms with van der Waals surface area (Å²) in [5.41, 5.74) is 0.750. The quantitative estimate of drug-likeness (QED) is 0.805. The van der Waals surface area contributed by atoms with E-state index >= 15 is 0 Å². The molecule has 0 aliphatic carbocycles. The fraction of sp³-hybridized carbons (Fsp3) is 0.400. The number of benzene rings is 1. The zero-order valence-corrected chi connectivity index (χ0v) is 13.9. The molecule has 1 N–H and O–H groups in total. The van der Waals surface area contributed by atoms with E-state index in [0.717, 1.165) is 25.0 Å². The van der Waals surface area contributed by atoms with Crippen LogP contribution in [0, 0.1) is 0 Å². The van der Waals surface area contributed by atoms with Crippen LogP contribution in [0.2, 0.25) is 5.02 Å². The standard InChI is InChI=1S/C15H16ClN3O3S/c16-11-4-1-3-10(7-11)14-18-19-15(22-14)23-9-13(20)17-8-12-5-2-6-21-12/h1,3-4,7,12H,2,5-6,8-9H2,(H,17,20)/t12-/m1/s1. The first-order chi connectivity index (χ1) is 11.2. The fourth-order valence-corrected chi connectivity index (χ4v) is 3.00. The third kappa shape index (κ3) is 4.70. The van der Waals surface area contributed by atoms with Crippen molar-refractivity contribution in [3.63, 3.8) is 0 Å². The average molecular weight is 354 g/mol. The topological polar surface area (TPSA) is 77.2 Å². The fourth-order valence-electron chi connectivity index (χ4n) is 2.22. The summed E-state index contributed by atoms with van der Waals surface area (Å²) in [4.78, 5) is 11.8. The van der Waals surface area contributed by atoms with E-state index in [4.69, 9.17) is 20.8 Å². The number of nitrogens with one attached hydrogen (secondary N) is 1. The lowest BCUT2D eigenvalue weighted by Gasteiger charge is -2.09. The third-order valence-corrected chi connectivity index (χ3v) is 4.41. The van der Waals surface area contributed by atoms with Crippen molar-refractivity contribution in [3.8, 4) is 11.5 Å². The van der Waals surface area contributed by atoms with Crippen molar-refractivity contribution in [3.05, 3.63) is 29.3 Å². The van der Waals surface area contributed by atoms with Crippen LogP contribution in [0.5, 0.6) is 0 Å². The van der Waals surface area contributed by atoms with E-state index in [2.05, 4.69) is 15.5 Å². The largest absolute Gasteiger partial charge is 0.411 e. The first kappa shape index (κ1) is 16.3. The Balaban J connectivity index is 1.48. The Labute approximate surface area is 142 Å². The van der Waals surface area contributed by atoms with Crippen molar-refractivity contribution in [2.24, 2.45) is 0 Å². The van der Waals surface area contributed by atoms with Gasteiger partial charge >= 0.3 is 0 Å². The second kappa shape index (κ2) is 7.81. The molecule has 2 aromatic rings. The highest BCUT2D eigenvalue weighted by molar-refractivity contribution is 7.99. The summed E-state index contributed by atoms with van der Waals surface area (Å²) in [6, 6.07) is 7.17. The van der Waals surface area contributed by atoms with Crippen LogP contribution in [0.3, 0.4) is 0 Å². The number of ether oxygens (including phenoxy) is 1. The molecule has 23 heavy (non-hydrogen) atoms. The molecule has 0 radical (unpaired) electrons. The van der Waals surface area contributed by atoms with Gasteiger partial charge in [0.15, 0.2) is 0 Å². The molecule has 6 nitrogen and oxygen atoms in total. The molecule has 1 aromatic heterocycles. The first-order valence-corrected chi connectivity index (χ1v) is 8.67. The second-order valence-electron chi connectivity index (χ2n) is 5.11. The monoisotopic (exact) mass is 353 g/mol. The molecule has 1 atom stereocenters. The third-order valence-electron chi connectivity index (χ3n) is 3.36. The van der Waals surface area contributed by atoms with E-state index in [0.29, 0.717) is 22.7 Å². The highest BCUT2D eigenvalue weighted by Crippen LogP contribution is 2.24. The minimum Gasteiger partial charge on any atom is -0.411 e. The minimum absolute atomic E-state index is 0.0759. The molecular formula is C15H16ClN3O3S. The van der Waals surface area contributed by atoms with Crippen LogP contribution in [0.25, 0.3) is 11.5 Å². The molecule has 1 amide bonds. The van der Waals surface area contributed by atoms with Crippen molar-refractivity contribution in [2.75, 3.05) is 18.9 Å². The van der Waals surface area contributed by atoms with Gasteiger partial charge in [-0.1, -0.05) is 29.4 Å². The van der Waals surface area contributed by atoms with Gasteiger partial charge in [0.1, 0.15) is 0 Å². The maximum absolute atomic E-state index is 11.8. The predicted molar refractivity (Wildman–Crippen MR) is 87.5 cm³/mol. The van der Waals surface area contributed by atoms with Crippen LogP contribution in [0.1, 0.15) is 12.8 Å². The highest BCUT2D eigenvalue weighted by Gasteiger charge is 2.17. The van der Waals surface area contributed by atoms with E-state index in [9.17, 15) is 4.79 Å². The van der Waals surface area contributed by atoms with Crippen LogP contribution in [0.4, 0.5) is 0 Å². The Kier molecular flexibility index (Phi) is 5.53. The van der Waals surface area contributed by atoms with E-state index in [-0.39, 0.29) is 17.8 Å². The number of hydrogen-bond acceptors (Lipinski definition) is 6. The van der Waals surface area contributed by atoms with Crippen LogP contribution >= 0.6 is 23.4 Å². The molecular weight excluding hydrogens is 338 g/mol. The van der Waals surface area contributed by atoms with Gasteiger partial charge in [-0.15, -0.1) is 10.2 Å². The first-order valence-electron chi connectivity index (χ1n) is 7.31. The normalized spacial score (nSPS) is 17.3. The van der Waals surface area contributed by atoms with Gasteiger partial charge in [-0.25, -0.2) is 0 Å². The molecule has 2 heterocycles. The summed E-state index contributed by atoms with van der Waals surface area (Å²) in [5.74, 6) is 0.534. The van der Waals surface area contributed by atoms with E-state index in [1.807, 2.05) is 12.1 Å². The molecule has 3 rings (SSSR count). The molecule has 8 heteroatoms. The molecule has 0 bridgehead atoms. The van der Waals surface area contributed by atoms with Gasteiger partial charge in [-0.05, 0) is 31.0 Å². The second-order valence-corrected chi connectivity index (χ2v) is 6.47. The SMILES string of the molecule is O=C(CSc1nnc(-c2cccc(Cl)c2)o1)NC[C@H]1CCCO1. The molecule has 1 saturated heterocycles. The molecule has 1 fully saturated rings. The van der Waals surface area contributed by atoms with Gasteiger partial charge in [-0.3, -0.25) is 4.79 Å². The van der Waals surface area contributed by atoms with Crippen molar-refractivity contribution >= 4 is 29.3 Å². The summed E-state index contributed by atoms with van der Waals surface area (Å²) >= 11 is 7.14. The Morgan fingerprint density at radius 1 is 1.43 bits per heavy atom. The smallest absolute Gasteiger partial charge is 0.277 e. The van der Waals surface area contributed by atoms with E-state index in [1.54, 1.807) is 12.1 Å². The van der Waals surface area contributed by atoms with Gasteiger partial charge in [0.2, 0.25) is 11.8 Å². The Hall–Kier alpha value is -1.57. The summed E-state index contributed by atoms with van der Waals surface area (Å²) in [6.45, 7) is 1.33. The van der Waals surface area contributed by atoms with Gasteiger partial charge in [0.05, 0.1) is 11.9 Å². The van der Waals surface area contributed by atoms with Gasteiger partial charge in [0.25, 0.3) is 5.22 Å². The van der Waals surface area contributed by atoms with Crippen molar-refractivity contribution in [2.45, 2.75) is 24.2 Å². The number of amides is 1. The summed E-state index contributed by atoms with van der Waals surface area (Å²) in [7, 11) is 0. The van der Waals surface area contributed by atoms with E-state index in [1.165, 1.54) is 11.8 Å². The summed E-state index contributed by atoms with van der Waals surface area (Å²) < 4.78 is 11.0. The number of carbonyl (C=O) groups excluding carboxylic acids is 1. The molecule has 0 saturated carbocycles. The van der Waals surface area contributed by atoms with Crippen molar-refractivity contribution in [1.82, 2.24) is 15.5 Å². The zero-order valence-electron chi connectivity index (χ0n) is 12.3. The van der Waals surface area contributed by atoms with Crippen LogP contribution < -0.4 is 5.32 Å². The summed E-state index contributed by atoms with van der Waals surface area (Å²) in [5, 5.41) is 11.7. The van der Waals surface area contributed by atoms with Gasteiger partial charge < -0.3 is 14.5 Å². The number of halogens is 1. The lowest BCUT2D eigenvalue weighted by atomic mass is 10.2. The minimum atomic E-state index is -0.0759. The Morgan fingerprint density at radius 3 is 3.13 bits per heavy atom. The molecule has 1 aliphatic heterocycles. The maximum Gasteiger partial charge on any atom is 0.277 e. The van der Waals surface area contributed by atoms with Crippen molar-refractivity contribution in [1.29, 1.82) is 0 Å². The number of hydrogen-bond donors (Lipinski definition) is 1. The molecule has 1 aromatic carbocycles. The van der Waals surface area contributed by atoms with Gasteiger partial charge in [-0.2, -0.15) is 0 Å². The van der Waals surface area contributed by atoms with Gasteiger partial charge in [0, 0.05) is 23.7 Å². The molecule has 0 spiro atoms. The zero-order chi connectivity index (χ0) is 16.1. The number of carbonyl (C=O) groups is 1. The summed E-state index contributed by atoms with van der Waals surface area (Å²) in [6.07, 6.45) is 2.20. The van der Waals surface area contributed by atoms with Crippen LogP contribution in [-0.2, 0) is 9.53 Å². The molecule has 1 aliphatic rings. The van der Waals surface area contributed by atoms with Crippen LogP contribution in [-0.4, -0.2) is 41.1 Å². The lowest BCUT2D eigenvalue weighted by Crippen LogP contribution is -2.32. The molecule has 122 valence electrons. The van der Waals surface area contributed by atoms with E-state index < -0.39 is 0 Å². The number of aromatic nitrogens is 2. The lowest BCUT2D eigenvalue weighted by molar-refractivity contribution is -0.119. The highest BCUT2D eigenvalue weighted by atomic mass is 35.5. The number of nitrogens with zero attached hydrogens (tertiary/aromatic N) is 2. The van der Waals surface area contributed by atoms with Crippen molar-refractivity contribution < 1.29 is 13.9 Å².